The highest BCUT2D eigenvalue weighted by molar-refractivity contribution is 7.10. The van der Waals surface area contributed by atoms with Crippen molar-refractivity contribution in [2.45, 2.75) is 37.8 Å². The molecule has 2 heterocycles. The second-order valence-electron chi connectivity index (χ2n) is 6.35. The molecule has 0 aliphatic carbocycles. The Morgan fingerprint density at radius 3 is 2.72 bits per heavy atom. The first-order valence-electron chi connectivity index (χ1n) is 8.56. The Kier molecular flexibility index (Phi) is 5.71. The maximum Gasteiger partial charge on any atom is 0.312 e. The maximum absolute atomic E-state index is 12.9. The summed E-state index contributed by atoms with van der Waals surface area (Å²) in [6, 6.07) is 13.4. The minimum absolute atomic E-state index is 0.0746. The standard InChI is InChI=1S/C19H23N3O2S/c20-19(24)21-16(17-9-5-11-25-17)13-18(23)22-10-4-8-15(22)12-14-6-2-1-3-7-14/h1-3,5-7,9,11,15-16H,4,8,10,12-13H2,(H3,20,21,24). The molecule has 1 aromatic heterocycles. The summed E-state index contributed by atoms with van der Waals surface area (Å²) in [6.45, 7) is 0.782. The highest BCUT2D eigenvalue weighted by Crippen LogP contribution is 2.27. The van der Waals surface area contributed by atoms with Crippen LogP contribution in [0.5, 0.6) is 0 Å². The van der Waals surface area contributed by atoms with Gasteiger partial charge in [0.15, 0.2) is 0 Å². The van der Waals surface area contributed by atoms with Gasteiger partial charge in [0, 0.05) is 17.5 Å². The van der Waals surface area contributed by atoms with Gasteiger partial charge in [0.25, 0.3) is 0 Å². The molecule has 3 rings (SSSR count). The summed E-state index contributed by atoms with van der Waals surface area (Å²) in [7, 11) is 0. The normalized spacial score (nSPS) is 18.1. The molecule has 132 valence electrons. The molecule has 3 amide bonds. The number of nitrogens with one attached hydrogen (secondary N) is 1. The van der Waals surface area contributed by atoms with Crippen LogP contribution in [0.1, 0.15) is 35.7 Å². The Bertz CT molecular complexity index is 703. The van der Waals surface area contributed by atoms with Crippen LogP contribution in [0.2, 0.25) is 0 Å². The summed E-state index contributed by atoms with van der Waals surface area (Å²) in [5.74, 6) is 0.0746. The molecule has 0 saturated carbocycles. The summed E-state index contributed by atoms with van der Waals surface area (Å²) in [6.07, 6.45) is 3.16. The molecule has 0 bridgehead atoms. The quantitative estimate of drug-likeness (QED) is 0.833. The highest BCUT2D eigenvalue weighted by atomic mass is 32.1. The molecule has 1 aromatic carbocycles. The third-order valence-corrected chi connectivity index (χ3v) is 5.58. The Balaban J connectivity index is 1.66. The van der Waals surface area contributed by atoms with Crippen LogP contribution in [0, 0.1) is 0 Å². The van der Waals surface area contributed by atoms with Crippen LogP contribution in [0.3, 0.4) is 0 Å². The number of nitrogens with zero attached hydrogens (tertiary/aromatic N) is 1. The number of hydrogen-bond acceptors (Lipinski definition) is 3. The summed E-state index contributed by atoms with van der Waals surface area (Å²) >= 11 is 1.52. The molecule has 1 aliphatic heterocycles. The molecule has 3 N–H and O–H groups in total. The van der Waals surface area contributed by atoms with Crippen molar-refractivity contribution < 1.29 is 9.59 Å². The van der Waals surface area contributed by atoms with Gasteiger partial charge in [0.05, 0.1) is 12.5 Å². The van der Waals surface area contributed by atoms with E-state index < -0.39 is 6.03 Å². The van der Waals surface area contributed by atoms with Crippen molar-refractivity contribution in [2.24, 2.45) is 5.73 Å². The molecular weight excluding hydrogens is 334 g/mol. The van der Waals surface area contributed by atoms with Crippen LogP contribution in [0.4, 0.5) is 4.79 Å². The van der Waals surface area contributed by atoms with E-state index in [1.54, 1.807) is 0 Å². The lowest BCUT2D eigenvalue weighted by atomic mass is 10.0. The molecule has 1 aliphatic rings. The number of carbonyl (C=O) groups excluding carboxylic acids is 2. The van der Waals surface area contributed by atoms with Gasteiger partial charge in [-0.2, -0.15) is 0 Å². The number of benzene rings is 1. The fraction of sp³-hybridized carbons (Fsp3) is 0.368. The third kappa shape index (κ3) is 4.60. The van der Waals surface area contributed by atoms with Gasteiger partial charge in [-0.15, -0.1) is 11.3 Å². The molecule has 1 fully saturated rings. The average molecular weight is 357 g/mol. The molecule has 2 atom stereocenters. The zero-order valence-corrected chi connectivity index (χ0v) is 14.9. The van der Waals surface area contributed by atoms with Crippen LogP contribution in [-0.2, 0) is 11.2 Å². The summed E-state index contributed by atoms with van der Waals surface area (Å²) in [5.41, 5.74) is 6.54. The average Bonchev–Trinajstić information content (AvgIpc) is 3.26. The van der Waals surface area contributed by atoms with Gasteiger partial charge < -0.3 is 16.0 Å². The van der Waals surface area contributed by atoms with E-state index in [1.165, 1.54) is 16.9 Å². The lowest BCUT2D eigenvalue weighted by Crippen LogP contribution is -2.40. The van der Waals surface area contributed by atoms with E-state index in [0.717, 1.165) is 30.7 Å². The lowest BCUT2D eigenvalue weighted by molar-refractivity contribution is -0.132. The highest BCUT2D eigenvalue weighted by Gasteiger charge is 2.30. The van der Waals surface area contributed by atoms with Gasteiger partial charge in [0.1, 0.15) is 0 Å². The topological polar surface area (TPSA) is 75.4 Å². The van der Waals surface area contributed by atoms with Crippen LogP contribution in [0.25, 0.3) is 0 Å². The van der Waals surface area contributed by atoms with Crippen molar-refractivity contribution in [3.8, 4) is 0 Å². The van der Waals surface area contributed by atoms with Crippen molar-refractivity contribution in [2.75, 3.05) is 6.54 Å². The van der Waals surface area contributed by atoms with Crippen molar-refractivity contribution in [3.63, 3.8) is 0 Å². The van der Waals surface area contributed by atoms with Gasteiger partial charge in [-0.3, -0.25) is 4.79 Å². The summed E-state index contributed by atoms with van der Waals surface area (Å²) in [4.78, 5) is 27.1. The number of amides is 3. The van der Waals surface area contributed by atoms with Gasteiger partial charge in [-0.05, 0) is 36.3 Å². The van der Waals surface area contributed by atoms with E-state index in [9.17, 15) is 9.59 Å². The van der Waals surface area contributed by atoms with Crippen LogP contribution in [0.15, 0.2) is 47.8 Å². The van der Waals surface area contributed by atoms with Gasteiger partial charge in [-0.1, -0.05) is 36.4 Å². The molecule has 2 unspecified atom stereocenters. The number of thiophene rings is 1. The van der Waals surface area contributed by atoms with E-state index >= 15 is 0 Å². The second-order valence-corrected chi connectivity index (χ2v) is 7.33. The van der Waals surface area contributed by atoms with Gasteiger partial charge in [-0.25, -0.2) is 4.79 Å². The zero-order chi connectivity index (χ0) is 17.6. The summed E-state index contributed by atoms with van der Waals surface area (Å²) in [5, 5.41) is 4.64. The fourth-order valence-corrected chi connectivity index (χ4v) is 4.22. The number of hydrogen-bond donors (Lipinski definition) is 2. The van der Waals surface area contributed by atoms with Crippen LogP contribution in [-0.4, -0.2) is 29.4 Å². The van der Waals surface area contributed by atoms with Gasteiger partial charge in [0.2, 0.25) is 5.91 Å². The number of rotatable bonds is 6. The van der Waals surface area contributed by atoms with Crippen molar-refractivity contribution in [1.29, 1.82) is 0 Å². The summed E-state index contributed by atoms with van der Waals surface area (Å²) < 4.78 is 0. The molecule has 6 heteroatoms. The molecule has 2 aromatic rings. The monoisotopic (exact) mass is 357 g/mol. The first-order valence-corrected chi connectivity index (χ1v) is 9.44. The lowest BCUT2D eigenvalue weighted by Gasteiger charge is -2.27. The van der Waals surface area contributed by atoms with Crippen molar-refractivity contribution >= 4 is 23.3 Å². The van der Waals surface area contributed by atoms with Crippen molar-refractivity contribution in [1.82, 2.24) is 10.2 Å². The first-order chi connectivity index (χ1) is 12.1. The predicted molar refractivity (Wildman–Crippen MR) is 99.3 cm³/mol. The maximum atomic E-state index is 12.9. The number of nitrogens with two attached hydrogens (primary N) is 1. The van der Waals surface area contributed by atoms with E-state index in [0.29, 0.717) is 0 Å². The third-order valence-electron chi connectivity index (χ3n) is 4.59. The molecule has 1 saturated heterocycles. The molecule has 5 nitrogen and oxygen atoms in total. The first kappa shape index (κ1) is 17.5. The Hall–Kier alpha value is -2.34. The van der Waals surface area contributed by atoms with Gasteiger partial charge >= 0.3 is 6.03 Å². The van der Waals surface area contributed by atoms with Crippen molar-refractivity contribution in [3.05, 3.63) is 58.3 Å². The number of primary amides is 1. The minimum atomic E-state index is -0.603. The zero-order valence-electron chi connectivity index (χ0n) is 14.1. The van der Waals surface area contributed by atoms with E-state index in [2.05, 4.69) is 17.4 Å². The fourth-order valence-electron chi connectivity index (χ4n) is 3.44. The number of likely N-dealkylation sites (tertiary alicyclic amines) is 1. The molecule has 25 heavy (non-hydrogen) atoms. The molecule has 0 spiro atoms. The molecular formula is C19H23N3O2S. The largest absolute Gasteiger partial charge is 0.352 e. The minimum Gasteiger partial charge on any atom is -0.352 e. The predicted octanol–water partition coefficient (Wildman–Crippen LogP) is 3.08. The van der Waals surface area contributed by atoms with E-state index in [1.807, 2.05) is 40.6 Å². The number of urea groups is 1. The Morgan fingerprint density at radius 1 is 1.24 bits per heavy atom. The van der Waals surface area contributed by atoms with E-state index in [4.69, 9.17) is 5.73 Å². The Morgan fingerprint density at radius 2 is 2.04 bits per heavy atom. The Labute approximate surface area is 151 Å². The van der Waals surface area contributed by atoms with Crippen LogP contribution < -0.4 is 11.1 Å². The van der Waals surface area contributed by atoms with Crippen LogP contribution >= 0.6 is 11.3 Å². The number of carbonyl (C=O) groups is 2. The smallest absolute Gasteiger partial charge is 0.312 e. The molecule has 0 radical (unpaired) electrons. The SMILES string of the molecule is NC(=O)NC(CC(=O)N1CCCC1Cc1ccccc1)c1cccs1. The van der Waals surface area contributed by atoms with E-state index in [-0.39, 0.29) is 24.4 Å². The second kappa shape index (κ2) is 8.16.